The summed E-state index contributed by atoms with van der Waals surface area (Å²) in [6, 6.07) is 0. The van der Waals surface area contributed by atoms with Crippen molar-refractivity contribution in [3.8, 4) is 0 Å². The van der Waals surface area contributed by atoms with Gasteiger partial charge in [-0.2, -0.15) is 0 Å². The summed E-state index contributed by atoms with van der Waals surface area (Å²) in [5.74, 6) is -0.805. The van der Waals surface area contributed by atoms with E-state index in [1.807, 2.05) is 27.2 Å². The van der Waals surface area contributed by atoms with Crippen LogP contribution in [0.3, 0.4) is 0 Å². The van der Waals surface area contributed by atoms with Crippen molar-refractivity contribution < 1.29 is 42.1 Å². The molecule has 9 nitrogen and oxygen atoms in total. The van der Waals surface area contributed by atoms with Crippen molar-refractivity contribution in [2.75, 3.05) is 47.5 Å². The molecule has 0 rings (SSSR count). The first-order chi connectivity index (χ1) is 22.0. The van der Waals surface area contributed by atoms with E-state index in [4.69, 9.17) is 18.5 Å². The zero-order chi connectivity index (χ0) is 34.4. The summed E-state index contributed by atoms with van der Waals surface area (Å²) in [7, 11) is 1.48. The highest BCUT2D eigenvalue weighted by Crippen LogP contribution is 2.43. The monoisotopic (exact) mass is 676 g/mol. The SMILES string of the molecule is C=CCCCCCCCCCCCCCCCC(=O)O[C@H](COC(=O)CCCCCCCCC)COP(=O)(O)OCC[N+](C)(C)C. The predicted molar refractivity (Wildman–Crippen MR) is 188 cm³/mol. The Morgan fingerprint density at radius 2 is 1.15 bits per heavy atom. The van der Waals surface area contributed by atoms with E-state index in [0.717, 1.165) is 38.5 Å². The Hall–Kier alpha value is -1.25. The number of likely N-dealkylation sites (N-methyl/N-ethyl adjacent to an activating group) is 1. The second kappa shape index (κ2) is 29.9. The zero-order valence-corrected chi connectivity index (χ0v) is 31.0. The first-order valence-electron chi connectivity index (χ1n) is 18.4. The summed E-state index contributed by atoms with van der Waals surface area (Å²) in [6.45, 7) is 5.88. The molecule has 0 heterocycles. The van der Waals surface area contributed by atoms with Gasteiger partial charge in [-0.05, 0) is 25.7 Å². The largest absolute Gasteiger partial charge is 0.472 e. The lowest BCUT2D eigenvalue weighted by Crippen LogP contribution is -2.37. The van der Waals surface area contributed by atoms with Crippen molar-refractivity contribution in [1.29, 1.82) is 0 Å². The molecule has 0 aromatic heterocycles. The number of allylic oxidation sites excluding steroid dienone is 1. The van der Waals surface area contributed by atoms with Crippen molar-refractivity contribution in [3.05, 3.63) is 12.7 Å². The fraction of sp³-hybridized carbons (Fsp3) is 0.889. The van der Waals surface area contributed by atoms with Gasteiger partial charge in [-0.3, -0.25) is 18.6 Å². The molecular weight excluding hydrogens is 605 g/mol. The van der Waals surface area contributed by atoms with Crippen LogP contribution >= 0.6 is 7.82 Å². The van der Waals surface area contributed by atoms with Crippen molar-refractivity contribution >= 4 is 19.8 Å². The van der Waals surface area contributed by atoms with Crippen LogP contribution in [-0.4, -0.2) is 74.9 Å². The lowest BCUT2D eigenvalue weighted by Gasteiger charge is -2.24. The van der Waals surface area contributed by atoms with Gasteiger partial charge in [0.25, 0.3) is 0 Å². The number of nitrogens with zero attached hydrogens (tertiary/aromatic N) is 1. The Kier molecular flexibility index (Phi) is 29.0. The number of hydrogen-bond acceptors (Lipinski definition) is 7. The molecule has 0 aromatic carbocycles. The van der Waals surface area contributed by atoms with Crippen molar-refractivity contribution in [2.24, 2.45) is 0 Å². The number of phosphoric acid groups is 1. The first kappa shape index (κ1) is 44.8. The number of phosphoric ester groups is 1. The number of unbranched alkanes of at least 4 members (excludes halogenated alkanes) is 19. The van der Waals surface area contributed by atoms with Crippen LogP contribution in [0, 0.1) is 0 Å². The third-order valence-electron chi connectivity index (χ3n) is 7.94. The molecule has 1 N–H and O–H groups in total. The second-order valence-corrected chi connectivity index (χ2v) is 15.2. The van der Waals surface area contributed by atoms with Gasteiger partial charge in [-0.15, -0.1) is 6.58 Å². The van der Waals surface area contributed by atoms with E-state index in [0.29, 0.717) is 23.9 Å². The molecule has 0 spiro atoms. The summed E-state index contributed by atoms with van der Waals surface area (Å²) >= 11 is 0. The Morgan fingerprint density at radius 1 is 0.696 bits per heavy atom. The first-order valence-corrected chi connectivity index (χ1v) is 19.9. The molecule has 1 unspecified atom stereocenters. The molecule has 46 heavy (non-hydrogen) atoms. The van der Waals surface area contributed by atoms with Gasteiger partial charge < -0.3 is 18.9 Å². The Balaban J connectivity index is 4.36. The Labute approximate surface area is 282 Å². The van der Waals surface area contributed by atoms with Gasteiger partial charge in [0.05, 0.1) is 27.7 Å². The molecule has 0 fully saturated rings. The average Bonchev–Trinajstić information content (AvgIpc) is 2.99. The number of rotatable bonds is 34. The highest BCUT2D eigenvalue weighted by atomic mass is 31.2. The minimum absolute atomic E-state index is 0.0336. The molecule has 0 amide bonds. The van der Waals surface area contributed by atoms with E-state index >= 15 is 0 Å². The number of hydrogen-bond donors (Lipinski definition) is 1. The highest BCUT2D eigenvalue weighted by molar-refractivity contribution is 7.47. The fourth-order valence-electron chi connectivity index (χ4n) is 4.99. The van der Waals surface area contributed by atoms with E-state index in [-0.39, 0.29) is 25.6 Å². The number of quaternary nitrogens is 1. The van der Waals surface area contributed by atoms with Gasteiger partial charge in [-0.25, -0.2) is 4.57 Å². The summed E-state index contributed by atoms with van der Waals surface area (Å²) < 4.78 is 34.0. The van der Waals surface area contributed by atoms with Gasteiger partial charge in [0, 0.05) is 12.8 Å². The van der Waals surface area contributed by atoms with E-state index in [1.165, 1.54) is 89.9 Å². The van der Waals surface area contributed by atoms with E-state index in [9.17, 15) is 19.0 Å². The van der Waals surface area contributed by atoms with Crippen LogP contribution in [0.4, 0.5) is 0 Å². The molecule has 10 heteroatoms. The van der Waals surface area contributed by atoms with Crippen LogP contribution < -0.4 is 0 Å². The van der Waals surface area contributed by atoms with E-state index < -0.39 is 26.5 Å². The number of carbonyl (C=O) groups is 2. The van der Waals surface area contributed by atoms with E-state index in [2.05, 4.69) is 13.5 Å². The third-order valence-corrected chi connectivity index (χ3v) is 8.93. The van der Waals surface area contributed by atoms with Gasteiger partial charge in [0.2, 0.25) is 0 Å². The van der Waals surface area contributed by atoms with Gasteiger partial charge in [-0.1, -0.05) is 122 Å². The standard InChI is InChI=1S/C36H70NO8P/c1-6-8-10-12-14-15-16-17-18-19-20-21-23-25-27-29-36(39)45-34(33-44-46(40,41)43-31-30-37(3,4)5)32-42-35(38)28-26-24-22-13-11-9-7-2/h6,34H,1,7-33H2,2-5H3/p+1/t34-/m1/s1. The minimum atomic E-state index is -4.36. The molecule has 0 aliphatic carbocycles. The maximum atomic E-state index is 12.6. The molecule has 0 bridgehead atoms. The lowest BCUT2D eigenvalue weighted by molar-refractivity contribution is -0.870. The summed E-state index contributed by atoms with van der Waals surface area (Å²) in [5, 5.41) is 0. The topological polar surface area (TPSA) is 108 Å². The van der Waals surface area contributed by atoms with Crippen LogP contribution in [0.15, 0.2) is 12.7 Å². The normalized spacial score (nSPS) is 13.7. The smallest absolute Gasteiger partial charge is 0.462 e. The number of carbonyl (C=O) groups excluding carboxylic acids is 2. The van der Waals surface area contributed by atoms with Crippen LogP contribution in [-0.2, 0) is 32.7 Å². The maximum absolute atomic E-state index is 12.6. The highest BCUT2D eigenvalue weighted by Gasteiger charge is 2.27. The molecule has 0 saturated heterocycles. The molecule has 0 aromatic rings. The molecule has 0 aliphatic heterocycles. The summed E-state index contributed by atoms with van der Waals surface area (Å²) in [5.41, 5.74) is 0. The second-order valence-electron chi connectivity index (χ2n) is 13.7. The molecular formula is C36H71NO8P+. The molecule has 0 aliphatic rings. The number of esters is 2. The van der Waals surface area contributed by atoms with Crippen LogP contribution in [0.5, 0.6) is 0 Å². The zero-order valence-electron chi connectivity index (χ0n) is 30.2. The number of ether oxygens (including phenoxy) is 2. The van der Waals surface area contributed by atoms with Crippen LogP contribution in [0.1, 0.15) is 155 Å². The molecule has 272 valence electrons. The fourth-order valence-corrected chi connectivity index (χ4v) is 5.73. The quantitative estimate of drug-likeness (QED) is 0.0236. The predicted octanol–water partition coefficient (Wildman–Crippen LogP) is 9.46. The average molecular weight is 677 g/mol. The lowest BCUT2D eigenvalue weighted by atomic mass is 10.0. The Bertz CT molecular complexity index is 801. The maximum Gasteiger partial charge on any atom is 0.472 e. The minimum Gasteiger partial charge on any atom is -0.462 e. The van der Waals surface area contributed by atoms with Crippen molar-refractivity contribution in [1.82, 2.24) is 0 Å². The Morgan fingerprint density at radius 3 is 1.63 bits per heavy atom. The van der Waals surface area contributed by atoms with Gasteiger partial charge in [0.1, 0.15) is 19.8 Å². The summed E-state index contributed by atoms with van der Waals surface area (Å²) in [4.78, 5) is 35.0. The summed E-state index contributed by atoms with van der Waals surface area (Å²) in [6.07, 6.45) is 25.9. The third kappa shape index (κ3) is 32.7. The molecule has 2 atom stereocenters. The van der Waals surface area contributed by atoms with Crippen molar-refractivity contribution in [3.63, 3.8) is 0 Å². The van der Waals surface area contributed by atoms with Crippen molar-refractivity contribution in [2.45, 2.75) is 161 Å². The van der Waals surface area contributed by atoms with Crippen LogP contribution in [0.25, 0.3) is 0 Å². The van der Waals surface area contributed by atoms with Gasteiger partial charge in [0.15, 0.2) is 6.10 Å². The van der Waals surface area contributed by atoms with E-state index in [1.54, 1.807) is 0 Å². The van der Waals surface area contributed by atoms with Crippen LogP contribution in [0.2, 0.25) is 0 Å². The molecule has 0 radical (unpaired) electrons. The molecule has 0 saturated carbocycles. The van der Waals surface area contributed by atoms with Gasteiger partial charge >= 0.3 is 19.8 Å².